The zero-order valence-electron chi connectivity index (χ0n) is 10.6. The van der Waals surface area contributed by atoms with Crippen LogP contribution in [0.1, 0.15) is 19.4 Å². The Balaban J connectivity index is 3.81. The van der Waals surface area contributed by atoms with Gasteiger partial charge in [-0.25, -0.2) is 0 Å². The lowest BCUT2D eigenvalue weighted by Crippen LogP contribution is -2.10. The van der Waals surface area contributed by atoms with Gasteiger partial charge in [-0.2, -0.15) is 13.2 Å². The van der Waals surface area contributed by atoms with E-state index in [4.69, 9.17) is 11.6 Å². The lowest BCUT2D eigenvalue weighted by molar-refractivity contribution is -0.400. The van der Waals surface area contributed by atoms with E-state index in [1.807, 2.05) is 0 Å². The first-order valence-corrected chi connectivity index (χ1v) is 6.61. The monoisotopic (exact) mass is 344 g/mol. The molecule has 0 radical (unpaired) electrons. The molecule has 1 aromatic rings. The lowest BCUT2D eigenvalue weighted by Gasteiger charge is -2.13. The molecule has 0 bridgehead atoms. The van der Waals surface area contributed by atoms with Gasteiger partial charge in [0, 0.05) is 11.3 Å². The van der Waals surface area contributed by atoms with Crippen LogP contribution in [0.2, 0.25) is 5.02 Å². The fourth-order valence-electron chi connectivity index (χ4n) is 1.47. The van der Waals surface area contributed by atoms with Crippen molar-refractivity contribution in [2.75, 3.05) is 0 Å². The second-order valence-corrected chi connectivity index (χ2v) is 6.08. The molecule has 0 heterocycles. The maximum atomic E-state index is 12.8. The standard InChI is InChI=1S/C10H8ClF3N2O4S/c1-4(2)21-9-6(15(17)18)3-5(10(12,13)14)7(11)8(9)16(19)20/h3-4H,1-2H3. The molecule has 0 saturated carbocycles. The van der Waals surface area contributed by atoms with Crippen LogP contribution >= 0.6 is 23.4 Å². The van der Waals surface area contributed by atoms with Gasteiger partial charge >= 0.3 is 11.9 Å². The van der Waals surface area contributed by atoms with Gasteiger partial charge in [0.1, 0.15) is 5.02 Å². The SMILES string of the molecule is CC(C)Sc1c([N+](=O)[O-])cc(C(F)(F)F)c(Cl)c1[N+](=O)[O-]. The minimum atomic E-state index is -5.03. The smallest absolute Gasteiger partial charge is 0.258 e. The van der Waals surface area contributed by atoms with E-state index in [2.05, 4.69) is 0 Å². The largest absolute Gasteiger partial charge is 0.418 e. The highest BCUT2D eigenvalue weighted by Crippen LogP contribution is 2.49. The van der Waals surface area contributed by atoms with Gasteiger partial charge in [-0.15, -0.1) is 11.8 Å². The van der Waals surface area contributed by atoms with Crippen molar-refractivity contribution in [1.29, 1.82) is 0 Å². The fraction of sp³-hybridized carbons (Fsp3) is 0.400. The molecule has 116 valence electrons. The summed E-state index contributed by atoms with van der Waals surface area (Å²) in [4.78, 5) is 19.2. The number of nitro benzene ring substituents is 2. The first-order valence-electron chi connectivity index (χ1n) is 5.36. The average molecular weight is 345 g/mol. The van der Waals surface area contributed by atoms with E-state index in [9.17, 15) is 33.4 Å². The van der Waals surface area contributed by atoms with Gasteiger partial charge in [-0.05, 0) is 0 Å². The lowest BCUT2D eigenvalue weighted by atomic mass is 10.1. The third-order valence-electron chi connectivity index (χ3n) is 2.21. The van der Waals surface area contributed by atoms with E-state index in [0.717, 1.165) is 0 Å². The third kappa shape index (κ3) is 3.76. The maximum absolute atomic E-state index is 12.8. The summed E-state index contributed by atoms with van der Waals surface area (Å²) in [6.45, 7) is 3.17. The Bertz CT molecular complexity index is 607. The topological polar surface area (TPSA) is 86.3 Å². The minimum Gasteiger partial charge on any atom is -0.258 e. The average Bonchev–Trinajstić information content (AvgIpc) is 2.25. The Labute approximate surface area is 125 Å². The van der Waals surface area contributed by atoms with Crippen LogP contribution in [0, 0.1) is 20.2 Å². The van der Waals surface area contributed by atoms with Crippen molar-refractivity contribution in [1.82, 2.24) is 0 Å². The summed E-state index contributed by atoms with van der Waals surface area (Å²) in [5, 5.41) is 20.4. The molecule has 1 rings (SSSR count). The molecule has 0 amide bonds. The van der Waals surface area contributed by atoms with Gasteiger partial charge in [-0.1, -0.05) is 25.4 Å². The Morgan fingerprint density at radius 2 is 1.76 bits per heavy atom. The van der Waals surface area contributed by atoms with Crippen LogP contribution in [0.4, 0.5) is 24.5 Å². The third-order valence-corrected chi connectivity index (χ3v) is 3.70. The first-order chi connectivity index (χ1) is 9.46. The Morgan fingerprint density at radius 3 is 2.10 bits per heavy atom. The van der Waals surface area contributed by atoms with Crippen molar-refractivity contribution < 1.29 is 23.0 Å². The summed E-state index contributed by atoms with van der Waals surface area (Å²) in [6.07, 6.45) is -5.03. The fourth-order valence-corrected chi connectivity index (χ4v) is 2.87. The second-order valence-electron chi connectivity index (χ2n) is 4.11. The second kappa shape index (κ2) is 6.06. The highest BCUT2D eigenvalue weighted by molar-refractivity contribution is 8.00. The van der Waals surface area contributed by atoms with Crippen LogP contribution in [0.3, 0.4) is 0 Å². The molecular weight excluding hydrogens is 337 g/mol. The van der Waals surface area contributed by atoms with E-state index in [-0.39, 0.29) is 11.3 Å². The van der Waals surface area contributed by atoms with Crippen molar-refractivity contribution in [2.45, 2.75) is 30.2 Å². The Kier molecular flexibility index (Phi) is 5.05. The summed E-state index contributed by atoms with van der Waals surface area (Å²) < 4.78 is 38.4. The van der Waals surface area contributed by atoms with Gasteiger partial charge in [0.15, 0.2) is 4.90 Å². The van der Waals surface area contributed by atoms with E-state index in [0.29, 0.717) is 11.8 Å². The number of hydrogen-bond acceptors (Lipinski definition) is 5. The molecule has 6 nitrogen and oxygen atoms in total. The quantitative estimate of drug-likeness (QED) is 0.450. The number of thioether (sulfide) groups is 1. The van der Waals surface area contributed by atoms with E-state index >= 15 is 0 Å². The zero-order valence-corrected chi connectivity index (χ0v) is 12.2. The number of rotatable bonds is 4. The van der Waals surface area contributed by atoms with Crippen LogP contribution in [0.5, 0.6) is 0 Å². The predicted molar refractivity (Wildman–Crippen MR) is 70.8 cm³/mol. The summed E-state index contributed by atoms with van der Waals surface area (Å²) in [5.74, 6) is 0. The minimum absolute atomic E-state index is 0.222. The number of hydrogen-bond donors (Lipinski definition) is 0. The first kappa shape index (κ1) is 17.5. The van der Waals surface area contributed by atoms with Crippen LogP contribution in [0.25, 0.3) is 0 Å². The van der Waals surface area contributed by atoms with Crippen LogP contribution < -0.4 is 0 Å². The Hall–Kier alpha value is -1.55. The molecule has 0 fully saturated rings. The van der Waals surface area contributed by atoms with Gasteiger partial charge in [0.2, 0.25) is 0 Å². The molecule has 11 heteroatoms. The van der Waals surface area contributed by atoms with Crippen molar-refractivity contribution in [3.8, 4) is 0 Å². The molecule has 0 spiro atoms. The maximum Gasteiger partial charge on any atom is 0.418 e. The van der Waals surface area contributed by atoms with Gasteiger partial charge < -0.3 is 0 Å². The number of benzene rings is 1. The van der Waals surface area contributed by atoms with Crippen LogP contribution in [-0.4, -0.2) is 15.1 Å². The number of nitrogens with zero attached hydrogens (tertiary/aromatic N) is 2. The molecule has 0 aliphatic rings. The molecule has 0 aromatic heterocycles. The molecule has 0 saturated heterocycles. The highest BCUT2D eigenvalue weighted by atomic mass is 35.5. The Morgan fingerprint density at radius 1 is 1.24 bits per heavy atom. The van der Waals surface area contributed by atoms with Crippen molar-refractivity contribution in [3.63, 3.8) is 0 Å². The molecular formula is C10H8ClF3N2O4S. The highest BCUT2D eigenvalue weighted by Gasteiger charge is 2.42. The molecule has 0 aliphatic heterocycles. The van der Waals surface area contributed by atoms with E-state index in [1.165, 1.54) is 0 Å². The summed E-state index contributed by atoms with van der Waals surface area (Å²) in [6, 6.07) is 0.222. The van der Waals surface area contributed by atoms with Gasteiger partial charge in [0.25, 0.3) is 5.69 Å². The molecule has 21 heavy (non-hydrogen) atoms. The number of nitro groups is 2. The van der Waals surface area contributed by atoms with Crippen molar-refractivity contribution in [3.05, 3.63) is 36.9 Å². The van der Waals surface area contributed by atoms with E-state index < -0.39 is 42.9 Å². The predicted octanol–water partition coefficient (Wildman–Crippen LogP) is 4.68. The molecule has 1 aromatic carbocycles. The summed E-state index contributed by atoms with van der Waals surface area (Å²) in [5.41, 5.74) is -3.69. The molecule has 0 N–H and O–H groups in total. The zero-order chi connectivity index (χ0) is 16.5. The van der Waals surface area contributed by atoms with Gasteiger partial charge in [-0.3, -0.25) is 20.2 Å². The molecule has 0 unspecified atom stereocenters. The van der Waals surface area contributed by atoms with Crippen LogP contribution in [-0.2, 0) is 6.18 Å². The normalized spacial score (nSPS) is 11.8. The molecule has 0 atom stereocenters. The van der Waals surface area contributed by atoms with Crippen molar-refractivity contribution in [2.24, 2.45) is 0 Å². The van der Waals surface area contributed by atoms with Crippen molar-refractivity contribution >= 4 is 34.7 Å². The summed E-state index contributed by atoms with van der Waals surface area (Å²) in [7, 11) is 0. The van der Waals surface area contributed by atoms with Crippen LogP contribution in [0.15, 0.2) is 11.0 Å². The molecule has 0 aliphatic carbocycles. The van der Waals surface area contributed by atoms with Gasteiger partial charge in [0.05, 0.1) is 15.4 Å². The van der Waals surface area contributed by atoms with E-state index in [1.54, 1.807) is 13.8 Å². The number of halogens is 4. The number of alkyl halides is 3. The summed E-state index contributed by atoms with van der Waals surface area (Å²) >= 11 is 6.16.